The molecule has 4 unspecified atom stereocenters. The van der Waals surface area contributed by atoms with E-state index < -0.39 is 16.6 Å². The molecule has 0 bridgehead atoms. The van der Waals surface area contributed by atoms with Gasteiger partial charge in [0.25, 0.3) is 0 Å². The summed E-state index contributed by atoms with van der Waals surface area (Å²) in [6, 6.07) is 0.880. The van der Waals surface area contributed by atoms with Crippen molar-refractivity contribution in [2.75, 3.05) is 32.8 Å². The maximum absolute atomic E-state index is 6.22. The average molecular weight is 799 g/mol. The first kappa shape index (κ1) is 41.1. The van der Waals surface area contributed by atoms with Crippen LogP contribution < -0.4 is 0 Å². The standard InChI is InChI=1S/C32H65N3O2Si2.2BrH.Ni/c1-25-15-12-16-26(2)31(25)33-29(5)30(34-32-27(3)17-13-18-28(32)4)19-14-20-35(21-23-36-38(6,7)8)22-24-37-39(9,10)11;;;/h25-28,31-32H,12-24H2,1-11H3;2*1H;/q;;;+2/p-2. The molecule has 252 valence electrons. The Bertz CT molecular complexity index is 768. The predicted molar refractivity (Wildman–Crippen MR) is 195 cm³/mol. The molecule has 0 saturated heterocycles. The van der Waals surface area contributed by atoms with Gasteiger partial charge < -0.3 is 8.85 Å². The molecule has 2 saturated carbocycles. The van der Waals surface area contributed by atoms with Gasteiger partial charge in [-0.3, -0.25) is 14.9 Å². The normalized spacial score (nSPS) is 28.1. The monoisotopic (exact) mass is 795 g/mol. The first-order chi connectivity index (χ1) is 19.6. The van der Waals surface area contributed by atoms with E-state index in [4.69, 9.17) is 18.8 Å². The van der Waals surface area contributed by atoms with Crippen LogP contribution in [0.2, 0.25) is 39.3 Å². The van der Waals surface area contributed by atoms with Crippen LogP contribution in [0.1, 0.15) is 86.0 Å². The van der Waals surface area contributed by atoms with Crippen LogP contribution in [-0.2, 0) is 19.7 Å². The van der Waals surface area contributed by atoms with Crippen molar-refractivity contribution in [3.63, 3.8) is 0 Å². The minimum atomic E-state index is -1.51. The van der Waals surface area contributed by atoms with Gasteiger partial charge in [0.1, 0.15) is 0 Å². The molecule has 5 nitrogen and oxygen atoms in total. The van der Waals surface area contributed by atoms with Gasteiger partial charge in [0.15, 0.2) is 16.6 Å². The molecule has 0 N–H and O–H groups in total. The predicted octanol–water partition coefficient (Wildman–Crippen LogP) is 10.0. The molecule has 0 amide bonds. The fraction of sp³-hybridized carbons (Fsp3) is 0.938. The summed E-state index contributed by atoms with van der Waals surface area (Å²) in [6.07, 6.45) is 10.1. The van der Waals surface area contributed by atoms with Crippen LogP contribution in [0.5, 0.6) is 0 Å². The third kappa shape index (κ3) is 17.7. The third-order valence-corrected chi connectivity index (χ3v) is 10.9. The molecule has 0 radical (unpaired) electrons. The molecule has 42 heavy (non-hydrogen) atoms. The van der Waals surface area contributed by atoms with Gasteiger partial charge >= 0.3 is 39.3 Å². The van der Waals surface area contributed by atoms with E-state index in [1.54, 1.807) is 0 Å². The molecule has 0 spiro atoms. The van der Waals surface area contributed by atoms with Crippen molar-refractivity contribution in [3.8, 4) is 0 Å². The summed E-state index contributed by atoms with van der Waals surface area (Å²) in [5, 5.41) is 0. The number of rotatable bonds is 15. The van der Waals surface area contributed by atoms with Gasteiger partial charge in [-0.2, -0.15) is 0 Å². The van der Waals surface area contributed by atoms with E-state index in [2.05, 4.69) is 107 Å². The summed E-state index contributed by atoms with van der Waals surface area (Å²) >= 11 is 6.00. The zero-order valence-corrected chi connectivity index (χ0v) is 35.0. The fourth-order valence-corrected chi connectivity index (χ4v) is 7.83. The van der Waals surface area contributed by atoms with E-state index in [0.717, 1.165) is 45.7 Å². The summed E-state index contributed by atoms with van der Waals surface area (Å²) in [7, 11) is -1.76. The first-order valence-corrected chi connectivity index (χ1v) is 28.2. The van der Waals surface area contributed by atoms with E-state index in [-0.39, 0.29) is 0 Å². The Balaban J connectivity index is 0.00000281. The molecule has 0 aliphatic heterocycles. The number of hydrogen-bond donors (Lipinski definition) is 0. The van der Waals surface area contributed by atoms with Gasteiger partial charge in [-0.05, 0) is 115 Å². The first-order valence-electron chi connectivity index (χ1n) is 16.5. The minimum absolute atomic E-state index is 0.437. The van der Waals surface area contributed by atoms with Crippen LogP contribution >= 0.6 is 28.5 Å². The molecule has 4 atom stereocenters. The Labute approximate surface area is 283 Å². The number of aliphatic imine (C=N–C) groups is 2. The quantitative estimate of drug-likeness (QED) is 0.123. The second kappa shape index (κ2) is 21.1. The number of halogens is 2. The van der Waals surface area contributed by atoms with Crippen molar-refractivity contribution in [2.45, 2.75) is 137 Å². The van der Waals surface area contributed by atoms with Gasteiger partial charge in [-0.1, -0.05) is 40.5 Å². The zero-order valence-electron chi connectivity index (χ0n) is 28.9. The van der Waals surface area contributed by atoms with Gasteiger partial charge in [0.05, 0.1) is 23.5 Å². The van der Waals surface area contributed by atoms with Gasteiger partial charge in [0, 0.05) is 26.3 Å². The average Bonchev–Trinajstić information content (AvgIpc) is 2.86. The van der Waals surface area contributed by atoms with E-state index in [1.165, 1.54) is 60.8 Å². The second-order valence-corrected chi connectivity index (χ2v) is 29.0. The Morgan fingerprint density at radius 1 is 0.714 bits per heavy atom. The molecular formula is C32H65Br2N3NiO2Si2. The Morgan fingerprint density at radius 2 is 1.10 bits per heavy atom. The molecule has 0 aromatic rings. The topological polar surface area (TPSA) is 46.4 Å². The van der Waals surface area contributed by atoms with E-state index in [0.29, 0.717) is 35.8 Å². The van der Waals surface area contributed by atoms with Crippen molar-refractivity contribution in [1.82, 2.24) is 4.90 Å². The molecule has 2 aliphatic carbocycles. The van der Waals surface area contributed by atoms with Gasteiger partial charge in [-0.25, -0.2) is 0 Å². The van der Waals surface area contributed by atoms with Crippen LogP contribution in [0.4, 0.5) is 0 Å². The van der Waals surface area contributed by atoms with Crippen molar-refractivity contribution in [3.05, 3.63) is 0 Å². The second-order valence-electron chi connectivity index (χ2n) is 15.0. The van der Waals surface area contributed by atoms with Crippen molar-refractivity contribution < 1.29 is 19.7 Å². The van der Waals surface area contributed by atoms with Crippen LogP contribution in [0.15, 0.2) is 9.98 Å². The SMILES string of the molecule is CC(=NC1C(C)CCCC1C)C(CCCN(CCO[Si](C)(C)C)CCO[Si](C)(C)C)=NC1C(C)CCCC1C.[Br][Ni][Br]. The Hall–Kier alpha value is 1.11. The maximum atomic E-state index is 6.22. The van der Waals surface area contributed by atoms with Crippen LogP contribution in [0.3, 0.4) is 0 Å². The molecule has 0 aromatic heterocycles. The Kier molecular flexibility index (Phi) is 20.6. The summed E-state index contributed by atoms with van der Waals surface area (Å²) in [5.74, 6) is 2.67. The van der Waals surface area contributed by atoms with Crippen LogP contribution in [0, 0.1) is 23.7 Å². The molecule has 2 rings (SSSR count). The zero-order chi connectivity index (χ0) is 31.9. The summed E-state index contributed by atoms with van der Waals surface area (Å²) in [5.41, 5.74) is 2.49. The summed E-state index contributed by atoms with van der Waals surface area (Å²) < 4.78 is 12.4. The molecule has 2 fully saturated rings. The summed E-state index contributed by atoms with van der Waals surface area (Å²) in [4.78, 5) is 13.5. The van der Waals surface area contributed by atoms with Crippen molar-refractivity contribution in [2.24, 2.45) is 33.7 Å². The number of hydrogen-bond acceptors (Lipinski definition) is 5. The van der Waals surface area contributed by atoms with Crippen molar-refractivity contribution in [1.29, 1.82) is 0 Å². The van der Waals surface area contributed by atoms with Gasteiger partial charge in [0.2, 0.25) is 0 Å². The van der Waals surface area contributed by atoms with Crippen LogP contribution in [0.25, 0.3) is 0 Å². The van der Waals surface area contributed by atoms with E-state index >= 15 is 0 Å². The van der Waals surface area contributed by atoms with E-state index in [1.807, 2.05) is 0 Å². The summed E-state index contributed by atoms with van der Waals surface area (Å²) in [6.45, 7) is 30.2. The van der Waals surface area contributed by atoms with Gasteiger partial charge in [-0.15, -0.1) is 0 Å². The molecule has 0 heterocycles. The van der Waals surface area contributed by atoms with Crippen LogP contribution in [-0.4, -0.2) is 77.9 Å². The molecule has 0 aromatic carbocycles. The molecule has 10 heteroatoms. The van der Waals surface area contributed by atoms with E-state index in [9.17, 15) is 0 Å². The third-order valence-electron chi connectivity index (χ3n) is 8.81. The molecule has 2 aliphatic rings. The van der Waals surface area contributed by atoms with Crippen molar-refractivity contribution >= 4 is 56.5 Å². The Morgan fingerprint density at radius 3 is 1.48 bits per heavy atom. The fourth-order valence-electron chi connectivity index (χ4n) is 6.42. The number of nitrogens with zero attached hydrogens (tertiary/aromatic N) is 3. The molecular weight excluding hydrogens is 733 g/mol.